The molecule has 3 nitrogen and oxygen atoms in total. The first-order valence-electron chi connectivity index (χ1n) is 6.74. The van der Waals surface area contributed by atoms with Crippen molar-refractivity contribution in [2.45, 2.75) is 57.5 Å². The van der Waals surface area contributed by atoms with Crippen LogP contribution in [0.4, 0.5) is 0 Å². The number of amides is 1. The molecule has 3 heteroatoms. The summed E-state index contributed by atoms with van der Waals surface area (Å²) in [5, 5.41) is 9.45. The Kier molecular flexibility index (Phi) is 4.22. The van der Waals surface area contributed by atoms with Crippen LogP contribution < -0.4 is 0 Å². The summed E-state index contributed by atoms with van der Waals surface area (Å²) in [6, 6.07) is 0. The number of carbonyl (C=O) groups excluding carboxylic acids is 1. The predicted octanol–water partition coefficient (Wildman–Crippen LogP) is 1.94. The van der Waals surface area contributed by atoms with E-state index in [4.69, 9.17) is 0 Å². The van der Waals surface area contributed by atoms with Crippen LogP contribution in [-0.2, 0) is 4.79 Å². The van der Waals surface area contributed by atoms with Crippen molar-refractivity contribution in [3.63, 3.8) is 0 Å². The van der Waals surface area contributed by atoms with E-state index in [9.17, 15) is 9.90 Å². The van der Waals surface area contributed by atoms with E-state index in [1.54, 1.807) is 0 Å². The second kappa shape index (κ2) is 5.67. The van der Waals surface area contributed by atoms with Crippen molar-refractivity contribution in [3.8, 4) is 0 Å². The van der Waals surface area contributed by atoms with Gasteiger partial charge >= 0.3 is 0 Å². The van der Waals surface area contributed by atoms with Gasteiger partial charge in [-0.1, -0.05) is 32.1 Å². The molecule has 16 heavy (non-hydrogen) atoms. The summed E-state index contributed by atoms with van der Waals surface area (Å²) in [5.41, 5.74) is 0. The van der Waals surface area contributed by atoms with Gasteiger partial charge in [-0.2, -0.15) is 0 Å². The van der Waals surface area contributed by atoms with Crippen molar-refractivity contribution in [2.75, 3.05) is 13.1 Å². The highest BCUT2D eigenvalue weighted by Crippen LogP contribution is 2.25. The molecular formula is C13H23NO2. The second-order valence-corrected chi connectivity index (χ2v) is 5.27. The average molecular weight is 225 g/mol. The first-order valence-corrected chi connectivity index (χ1v) is 6.74. The predicted molar refractivity (Wildman–Crippen MR) is 63.0 cm³/mol. The SMILES string of the molecule is O=C(C1CCCCCCC1)N1CC[C@H](O)C1. The lowest BCUT2D eigenvalue weighted by atomic mass is 9.90. The van der Waals surface area contributed by atoms with Gasteiger partial charge in [-0.15, -0.1) is 0 Å². The molecule has 1 amide bonds. The van der Waals surface area contributed by atoms with Gasteiger partial charge < -0.3 is 10.0 Å². The van der Waals surface area contributed by atoms with Gasteiger partial charge in [0.2, 0.25) is 5.91 Å². The molecule has 1 aliphatic carbocycles. The minimum atomic E-state index is -0.280. The fraction of sp³-hybridized carbons (Fsp3) is 0.923. The molecule has 1 heterocycles. The number of nitrogens with zero attached hydrogens (tertiary/aromatic N) is 1. The van der Waals surface area contributed by atoms with E-state index in [1.807, 2.05) is 4.90 Å². The van der Waals surface area contributed by atoms with E-state index in [-0.39, 0.29) is 12.0 Å². The van der Waals surface area contributed by atoms with Crippen molar-refractivity contribution in [3.05, 3.63) is 0 Å². The average Bonchev–Trinajstić information content (AvgIpc) is 2.63. The van der Waals surface area contributed by atoms with Gasteiger partial charge in [0, 0.05) is 19.0 Å². The monoisotopic (exact) mass is 225 g/mol. The molecule has 1 saturated heterocycles. The summed E-state index contributed by atoms with van der Waals surface area (Å²) in [5.74, 6) is 0.545. The Morgan fingerprint density at radius 3 is 2.19 bits per heavy atom. The minimum absolute atomic E-state index is 0.241. The molecule has 92 valence electrons. The van der Waals surface area contributed by atoms with Crippen LogP contribution in [0.1, 0.15) is 51.4 Å². The number of aliphatic hydroxyl groups is 1. The maximum Gasteiger partial charge on any atom is 0.225 e. The number of rotatable bonds is 1. The molecule has 2 aliphatic rings. The van der Waals surface area contributed by atoms with Crippen LogP contribution >= 0.6 is 0 Å². The minimum Gasteiger partial charge on any atom is -0.391 e. The third-order valence-corrected chi connectivity index (χ3v) is 3.93. The second-order valence-electron chi connectivity index (χ2n) is 5.27. The van der Waals surface area contributed by atoms with Crippen molar-refractivity contribution in [2.24, 2.45) is 5.92 Å². The smallest absolute Gasteiger partial charge is 0.225 e. The lowest BCUT2D eigenvalue weighted by molar-refractivity contribution is -0.135. The van der Waals surface area contributed by atoms with E-state index >= 15 is 0 Å². The maximum atomic E-state index is 12.2. The number of likely N-dealkylation sites (tertiary alicyclic amines) is 1. The Morgan fingerprint density at radius 2 is 1.62 bits per heavy atom. The zero-order valence-electron chi connectivity index (χ0n) is 10.0. The molecule has 0 radical (unpaired) electrons. The van der Waals surface area contributed by atoms with E-state index in [0.29, 0.717) is 12.5 Å². The van der Waals surface area contributed by atoms with Crippen molar-refractivity contribution < 1.29 is 9.90 Å². The van der Waals surface area contributed by atoms with Gasteiger partial charge in [0.25, 0.3) is 0 Å². The highest BCUT2D eigenvalue weighted by molar-refractivity contribution is 5.79. The molecule has 0 spiro atoms. The lowest BCUT2D eigenvalue weighted by Crippen LogP contribution is -2.35. The zero-order chi connectivity index (χ0) is 11.4. The molecule has 0 unspecified atom stereocenters. The summed E-state index contributed by atoms with van der Waals surface area (Å²) in [6.45, 7) is 1.33. The van der Waals surface area contributed by atoms with Crippen LogP contribution in [0, 0.1) is 5.92 Å². The Balaban J connectivity index is 1.86. The Labute approximate surface area is 97.8 Å². The molecule has 0 aromatic heterocycles. The molecule has 1 saturated carbocycles. The standard InChI is InChI=1S/C13H23NO2/c15-12-8-9-14(10-12)13(16)11-6-4-2-1-3-5-7-11/h11-12,15H,1-10H2/t12-/m0/s1. The van der Waals surface area contributed by atoms with Gasteiger partial charge in [-0.3, -0.25) is 4.79 Å². The first-order chi connectivity index (χ1) is 7.77. The summed E-state index contributed by atoms with van der Waals surface area (Å²) < 4.78 is 0. The Morgan fingerprint density at radius 1 is 1.00 bits per heavy atom. The molecule has 0 aromatic rings. The summed E-state index contributed by atoms with van der Waals surface area (Å²) >= 11 is 0. The highest BCUT2D eigenvalue weighted by Gasteiger charge is 2.29. The topological polar surface area (TPSA) is 40.5 Å². The van der Waals surface area contributed by atoms with Crippen molar-refractivity contribution in [1.29, 1.82) is 0 Å². The summed E-state index contributed by atoms with van der Waals surface area (Å²) in [7, 11) is 0. The van der Waals surface area contributed by atoms with Gasteiger partial charge in [0.05, 0.1) is 6.10 Å². The normalized spacial score (nSPS) is 28.8. The van der Waals surface area contributed by atoms with Crippen LogP contribution in [0.15, 0.2) is 0 Å². The van der Waals surface area contributed by atoms with Crippen LogP contribution in [0.3, 0.4) is 0 Å². The number of hydrogen-bond donors (Lipinski definition) is 1. The lowest BCUT2D eigenvalue weighted by Gasteiger charge is -2.24. The molecular weight excluding hydrogens is 202 g/mol. The molecule has 0 aromatic carbocycles. The van der Waals surface area contributed by atoms with E-state index in [1.165, 1.54) is 32.1 Å². The maximum absolute atomic E-state index is 12.2. The largest absolute Gasteiger partial charge is 0.391 e. The third-order valence-electron chi connectivity index (χ3n) is 3.93. The molecule has 2 fully saturated rings. The van der Waals surface area contributed by atoms with Crippen LogP contribution in [0.2, 0.25) is 0 Å². The van der Waals surface area contributed by atoms with E-state index < -0.39 is 0 Å². The number of β-amino-alcohol motifs (C(OH)–C–C–N with tert-alkyl or cyclic N) is 1. The van der Waals surface area contributed by atoms with Crippen molar-refractivity contribution >= 4 is 5.91 Å². The highest BCUT2D eigenvalue weighted by atomic mass is 16.3. The molecule has 1 atom stereocenters. The van der Waals surface area contributed by atoms with Gasteiger partial charge in [-0.05, 0) is 19.3 Å². The Bertz CT molecular complexity index is 234. The van der Waals surface area contributed by atoms with E-state index in [2.05, 4.69) is 0 Å². The number of carbonyl (C=O) groups is 1. The van der Waals surface area contributed by atoms with Crippen LogP contribution in [-0.4, -0.2) is 35.1 Å². The fourth-order valence-electron chi connectivity index (χ4n) is 2.90. The molecule has 0 bridgehead atoms. The van der Waals surface area contributed by atoms with E-state index in [0.717, 1.165) is 25.8 Å². The zero-order valence-corrected chi connectivity index (χ0v) is 10.0. The number of hydrogen-bond acceptors (Lipinski definition) is 2. The van der Waals surface area contributed by atoms with Gasteiger partial charge in [0.15, 0.2) is 0 Å². The van der Waals surface area contributed by atoms with Crippen molar-refractivity contribution in [1.82, 2.24) is 4.90 Å². The molecule has 1 N–H and O–H groups in total. The first kappa shape index (κ1) is 11.9. The Hall–Kier alpha value is -0.570. The third kappa shape index (κ3) is 2.97. The quantitative estimate of drug-likeness (QED) is 0.741. The van der Waals surface area contributed by atoms with Gasteiger partial charge in [-0.25, -0.2) is 0 Å². The molecule has 2 rings (SSSR count). The van der Waals surface area contributed by atoms with Gasteiger partial charge in [0.1, 0.15) is 0 Å². The molecule has 1 aliphatic heterocycles. The van der Waals surface area contributed by atoms with Crippen LogP contribution in [0.5, 0.6) is 0 Å². The summed E-state index contributed by atoms with van der Waals surface area (Å²) in [4.78, 5) is 14.1. The summed E-state index contributed by atoms with van der Waals surface area (Å²) in [6.07, 6.45) is 8.91. The fourth-order valence-corrected chi connectivity index (χ4v) is 2.90. The van der Waals surface area contributed by atoms with Crippen LogP contribution in [0.25, 0.3) is 0 Å². The number of aliphatic hydroxyl groups excluding tert-OH is 1.